The molecule has 2 amide bonds. The molecule has 4 rings (SSSR count). The molecule has 9 heteroatoms. The van der Waals surface area contributed by atoms with Crippen LogP contribution in [0, 0.1) is 12.8 Å². The molecule has 2 aliphatic rings. The Kier molecular flexibility index (Phi) is 5.37. The molecule has 2 saturated carbocycles. The van der Waals surface area contributed by atoms with Crippen LogP contribution in [0.3, 0.4) is 0 Å². The van der Waals surface area contributed by atoms with Gasteiger partial charge in [0.2, 0.25) is 5.13 Å². The van der Waals surface area contributed by atoms with Crippen LogP contribution in [0.1, 0.15) is 66.2 Å². The fourth-order valence-corrected chi connectivity index (χ4v) is 4.91. The van der Waals surface area contributed by atoms with Crippen molar-refractivity contribution in [2.45, 2.75) is 64.5 Å². The van der Waals surface area contributed by atoms with Crippen LogP contribution in [0.4, 0.5) is 9.93 Å². The lowest BCUT2D eigenvalue weighted by Crippen LogP contribution is -2.40. The number of nitrogens with zero attached hydrogens (tertiary/aromatic N) is 3. The second-order valence-electron chi connectivity index (χ2n) is 8.80. The van der Waals surface area contributed by atoms with E-state index in [0.29, 0.717) is 16.6 Å². The number of ether oxygens (including phenoxy) is 1. The minimum Gasteiger partial charge on any atom is -0.444 e. The molecule has 2 aliphatic carbocycles. The van der Waals surface area contributed by atoms with E-state index in [1.807, 2.05) is 44.0 Å². The van der Waals surface area contributed by atoms with Gasteiger partial charge in [0.15, 0.2) is 0 Å². The standard InChI is InChI=1S/C20H26N4O3S2/c1-11-22-23-18(29-11)21-17(25)13-7-16(28-10-13)14-8-15(14)24(9-12-5-6-12)19(26)27-20(2,3)4/h7,10,12,14-15H,5-6,8-9H2,1-4H3,(H,21,23,25)/t14-,15-/m1/s1. The molecule has 0 aliphatic heterocycles. The minimum atomic E-state index is -0.500. The molecule has 2 aromatic heterocycles. The first-order valence-electron chi connectivity index (χ1n) is 9.89. The lowest BCUT2D eigenvalue weighted by atomic mass is 10.2. The maximum Gasteiger partial charge on any atom is 0.410 e. The fourth-order valence-electron chi connectivity index (χ4n) is 3.26. The predicted octanol–water partition coefficient (Wildman–Crippen LogP) is 4.66. The van der Waals surface area contributed by atoms with Crippen LogP contribution in [0.25, 0.3) is 0 Å². The first-order valence-corrected chi connectivity index (χ1v) is 11.6. The van der Waals surface area contributed by atoms with Gasteiger partial charge in [-0.15, -0.1) is 21.5 Å². The molecule has 0 radical (unpaired) electrons. The summed E-state index contributed by atoms with van der Waals surface area (Å²) < 4.78 is 5.64. The van der Waals surface area contributed by atoms with E-state index < -0.39 is 5.60 Å². The summed E-state index contributed by atoms with van der Waals surface area (Å²) in [5.74, 6) is 0.697. The van der Waals surface area contributed by atoms with Crippen LogP contribution in [-0.4, -0.2) is 45.3 Å². The molecule has 0 bridgehead atoms. The first kappa shape index (κ1) is 20.3. The lowest BCUT2D eigenvalue weighted by molar-refractivity contribution is 0.0220. The van der Waals surface area contributed by atoms with E-state index in [1.165, 1.54) is 24.2 Å². The highest BCUT2D eigenvalue weighted by atomic mass is 32.1. The average molecular weight is 435 g/mol. The number of aryl methyl sites for hydroxylation is 1. The Morgan fingerprint density at radius 3 is 2.69 bits per heavy atom. The quantitative estimate of drug-likeness (QED) is 0.715. The number of carbonyl (C=O) groups is 2. The number of anilines is 1. The molecule has 2 heterocycles. The first-order chi connectivity index (χ1) is 13.7. The van der Waals surface area contributed by atoms with Crippen molar-refractivity contribution in [1.29, 1.82) is 0 Å². The van der Waals surface area contributed by atoms with Gasteiger partial charge >= 0.3 is 6.09 Å². The van der Waals surface area contributed by atoms with Gasteiger partial charge in [0.25, 0.3) is 5.91 Å². The monoisotopic (exact) mass is 434 g/mol. The van der Waals surface area contributed by atoms with Crippen LogP contribution in [0.15, 0.2) is 11.4 Å². The van der Waals surface area contributed by atoms with Gasteiger partial charge in [0.05, 0.1) is 5.56 Å². The van der Waals surface area contributed by atoms with Crippen LogP contribution >= 0.6 is 22.7 Å². The number of amides is 2. The van der Waals surface area contributed by atoms with E-state index >= 15 is 0 Å². The topological polar surface area (TPSA) is 84.4 Å². The van der Waals surface area contributed by atoms with Crippen molar-refractivity contribution in [3.8, 4) is 0 Å². The molecule has 0 saturated heterocycles. The number of rotatable bonds is 6. The Balaban J connectivity index is 1.40. The third-order valence-corrected chi connectivity index (χ3v) is 6.75. The van der Waals surface area contributed by atoms with Crippen molar-refractivity contribution < 1.29 is 14.3 Å². The molecule has 156 valence electrons. The second kappa shape index (κ2) is 7.68. The third kappa shape index (κ3) is 5.14. The van der Waals surface area contributed by atoms with Crippen molar-refractivity contribution in [2.75, 3.05) is 11.9 Å². The summed E-state index contributed by atoms with van der Waals surface area (Å²) in [4.78, 5) is 28.2. The number of hydrogen-bond donors (Lipinski definition) is 1. The Hall–Kier alpha value is -2.00. The number of carbonyl (C=O) groups excluding carboxylic acids is 2. The summed E-state index contributed by atoms with van der Waals surface area (Å²) in [5, 5.41) is 13.8. The Morgan fingerprint density at radius 2 is 2.07 bits per heavy atom. The van der Waals surface area contributed by atoms with Gasteiger partial charge in [0.1, 0.15) is 10.6 Å². The highest BCUT2D eigenvalue weighted by Crippen LogP contribution is 2.48. The van der Waals surface area contributed by atoms with Crippen molar-refractivity contribution in [2.24, 2.45) is 5.92 Å². The zero-order valence-electron chi connectivity index (χ0n) is 17.1. The molecule has 0 aromatic carbocycles. The van der Waals surface area contributed by atoms with E-state index in [0.717, 1.165) is 22.9 Å². The van der Waals surface area contributed by atoms with Gasteiger partial charge in [-0.3, -0.25) is 10.1 Å². The minimum absolute atomic E-state index is 0.158. The van der Waals surface area contributed by atoms with E-state index in [9.17, 15) is 9.59 Å². The van der Waals surface area contributed by atoms with Gasteiger partial charge < -0.3 is 9.64 Å². The maximum atomic E-state index is 12.7. The predicted molar refractivity (Wildman–Crippen MR) is 114 cm³/mol. The second-order valence-corrected chi connectivity index (χ2v) is 10.9. The SMILES string of the molecule is Cc1nnc(NC(=O)c2csc([C@@H]3C[C@H]3N(CC3CC3)C(=O)OC(C)(C)C)c2)s1. The van der Waals surface area contributed by atoms with E-state index in [-0.39, 0.29) is 24.0 Å². The normalized spacial score (nSPS) is 21.0. The summed E-state index contributed by atoms with van der Waals surface area (Å²) in [5.41, 5.74) is 0.120. The van der Waals surface area contributed by atoms with Crippen molar-refractivity contribution in [1.82, 2.24) is 15.1 Å². The van der Waals surface area contributed by atoms with Gasteiger partial charge in [0, 0.05) is 28.8 Å². The van der Waals surface area contributed by atoms with E-state index in [2.05, 4.69) is 15.5 Å². The summed E-state index contributed by atoms with van der Waals surface area (Å²) in [6.07, 6.45) is 3.07. The number of nitrogens with one attached hydrogen (secondary N) is 1. The summed E-state index contributed by atoms with van der Waals surface area (Å²) in [6.45, 7) is 8.31. The van der Waals surface area contributed by atoms with E-state index in [1.54, 1.807) is 11.3 Å². The number of thiophene rings is 1. The molecule has 2 atom stereocenters. The fraction of sp³-hybridized carbons (Fsp3) is 0.600. The van der Waals surface area contributed by atoms with Crippen molar-refractivity contribution in [3.05, 3.63) is 26.9 Å². The molecule has 0 unspecified atom stereocenters. The Labute approximate surface area is 178 Å². The summed E-state index contributed by atoms with van der Waals surface area (Å²) in [7, 11) is 0. The van der Waals surface area contributed by atoms with Gasteiger partial charge in [-0.2, -0.15) is 0 Å². The molecule has 2 aromatic rings. The van der Waals surface area contributed by atoms with Crippen LogP contribution < -0.4 is 5.32 Å². The molecule has 1 N–H and O–H groups in total. The molecule has 2 fully saturated rings. The van der Waals surface area contributed by atoms with Gasteiger partial charge in [-0.05, 0) is 58.9 Å². The zero-order valence-corrected chi connectivity index (χ0v) is 18.7. The smallest absolute Gasteiger partial charge is 0.410 e. The molecular formula is C20H26N4O3S2. The van der Waals surface area contributed by atoms with Crippen LogP contribution in [-0.2, 0) is 4.74 Å². The zero-order chi connectivity index (χ0) is 20.8. The maximum absolute atomic E-state index is 12.7. The summed E-state index contributed by atoms with van der Waals surface area (Å²) in [6, 6.07) is 2.09. The van der Waals surface area contributed by atoms with Gasteiger partial charge in [-0.25, -0.2) is 4.79 Å². The highest BCUT2D eigenvalue weighted by Gasteiger charge is 2.48. The van der Waals surface area contributed by atoms with Crippen LogP contribution in [0.2, 0.25) is 0 Å². The van der Waals surface area contributed by atoms with Crippen molar-refractivity contribution >= 4 is 39.8 Å². The Bertz CT molecular complexity index is 913. The van der Waals surface area contributed by atoms with E-state index in [4.69, 9.17) is 4.74 Å². The van der Waals surface area contributed by atoms with Crippen LogP contribution in [0.5, 0.6) is 0 Å². The highest BCUT2D eigenvalue weighted by molar-refractivity contribution is 7.15. The number of hydrogen-bond acceptors (Lipinski definition) is 7. The number of aromatic nitrogens is 2. The molecule has 29 heavy (non-hydrogen) atoms. The Morgan fingerprint density at radius 1 is 1.31 bits per heavy atom. The third-order valence-electron chi connectivity index (χ3n) is 4.93. The molecular weight excluding hydrogens is 408 g/mol. The summed E-state index contributed by atoms with van der Waals surface area (Å²) >= 11 is 2.92. The van der Waals surface area contributed by atoms with Crippen molar-refractivity contribution in [3.63, 3.8) is 0 Å². The lowest BCUT2D eigenvalue weighted by Gasteiger charge is -2.28. The van der Waals surface area contributed by atoms with Gasteiger partial charge in [-0.1, -0.05) is 11.3 Å². The molecule has 7 nitrogen and oxygen atoms in total. The molecule has 0 spiro atoms. The largest absolute Gasteiger partial charge is 0.444 e. The average Bonchev–Trinajstić information content (AvgIpc) is 3.51.